The molecule has 21 heavy (non-hydrogen) atoms. The molecule has 114 valence electrons. The number of fused-ring (bicyclic) bond motifs is 3. The van der Waals surface area contributed by atoms with Crippen molar-refractivity contribution in [3.63, 3.8) is 0 Å². The fraction of sp³-hybridized carbons (Fsp3) is 0.692. The van der Waals surface area contributed by atoms with Crippen molar-refractivity contribution in [2.45, 2.75) is 49.4 Å². The summed E-state index contributed by atoms with van der Waals surface area (Å²) in [4.78, 5) is 25.6. The number of ether oxygens (including phenoxy) is 2. The predicted octanol–water partition coefficient (Wildman–Crippen LogP) is -1.60. The lowest BCUT2D eigenvalue weighted by Gasteiger charge is -2.36. The van der Waals surface area contributed by atoms with Gasteiger partial charge >= 0.3 is 5.69 Å². The number of H-pyrrole nitrogens is 1. The Hall–Kier alpha value is -1.48. The van der Waals surface area contributed by atoms with E-state index in [4.69, 9.17) is 9.47 Å². The van der Waals surface area contributed by atoms with Crippen LogP contribution >= 0.6 is 0 Å². The van der Waals surface area contributed by atoms with Gasteiger partial charge in [0.2, 0.25) is 0 Å². The number of hydrogen-bond acceptors (Lipinski definition) is 6. The zero-order valence-corrected chi connectivity index (χ0v) is 11.4. The first-order valence-corrected chi connectivity index (χ1v) is 6.91. The molecule has 2 aliphatic heterocycles. The normalized spacial score (nSPS) is 39.1. The molecule has 4 atom stereocenters. The van der Waals surface area contributed by atoms with Crippen molar-refractivity contribution in [3.05, 3.63) is 32.6 Å². The topological polar surface area (TPSA) is 114 Å². The summed E-state index contributed by atoms with van der Waals surface area (Å²) in [7, 11) is 0. The molecule has 3 N–H and O–H groups in total. The molecule has 0 aromatic carbocycles. The predicted molar refractivity (Wildman–Crippen MR) is 68.8 cm³/mol. The van der Waals surface area contributed by atoms with Crippen molar-refractivity contribution in [2.75, 3.05) is 6.61 Å². The summed E-state index contributed by atoms with van der Waals surface area (Å²) >= 11 is 0. The lowest BCUT2D eigenvalue weighted by atomic mass is 9.91. The quantitative estimate of drug-likeness (QED) is 0.605. The minimum Gasteiger partial charge on any atom is -0.393 e. The summed E-state index contributed by atoms with van der Waals surface area (Å²) < 4.78 is 12.9. The second-order valence-corrected chi connectivity index (χ2v) is 6.06. The third-order valence-electron chi connectivity index (χ3n) is 4.89. The number of aromatic amines is 1. The molecule has 3 aliphatic rings. The molecule has 0 amide bonds. The average molecular weight is 296 g/mol. The van der Waals surface area contributed by atoms with Gasteiger partial charge < -0.3 is 19.7 Å². The Morgan fingerprint density at radius 2 is 2.14 bits per heavy atom. The Labute approximate surface area is 118 Å². The van der Waals surface area contributed by atoms with E-state index in [0.29, 0.717) is 18.4 Å². The van der Waals surface area contributed by atoms with Crippen molar-refractivity contribution in [1.29, 1.82) is 0 Å². The van der Waals surface area contributed by atoms with E-state index in [1.807, 2.05) is 0 Å². The molecule has 4 rings (SSSR count). The summed E-state index contributed by atoms with van der Waals surface area (Å²) in [5, 5.41) is 20.1. The highest BCUT2D eigenvalue weighted by atomic mass is 16.7. The van der Waals surface area contributed by atoms with Crippen LogP contribution in [-0.2, 0) is 9.47 Å². The lowest BCUT2D eigenvalue weighted by Crippen LogP contribution is -2.53. The standard InChI is InChI=1S/C13H16N2O6/c1-6-4-15(11(19)14-9(6)18)10-7-8(17)13(5-16,21-10)12(20-7)2-3-12/h4,7-8,10,16-17H,2-3,5H2,1H3,(H,14,18,19)/t7?,8?,10-,13-/m1/s1. The molecule has 1 aliphatic carbocycles. The third kappa shape index (κ3) is 1.43. The van der Waals surface area contributed by atoms with E-state index in [0.717, 1.165) is 0 Å². The molecule has 3 fully saturated rings. The Kier molecular flexibility index (Phi) is 2.41. The molecule has 8 heteroatoms. The number of aryl methyl sites for hydroxylation is 1. The van der Waals surface area contributed by atoms with E-state index in [-0.39, 0.29) is 6.61 Å². The van der Waals surface area contributed by atoms with E-state index in [1.54, 1.807) is 6.92 Å². The van der Waals surface area contributed by atoms with Gasteiger partial charge in [0.1, 0.15) is 17.8 Å². The average Bonchev–Trinajstić information content (AvgIpc) is 3.12. The van der Waals surface area contributed by atoms with Gasteiger partial charge in [-0.15, -0.1) is 0 Å². The molecule has 1 spiro atoms. The molecule has 0 radical (unpaired) electrons. The summed E-state index contributed by atoms with van der Waals surface area (Å²) in [5.41, 5.74) is -2.56. The van der Waals surface area contributed by atoms with E-state index in [2.05, 4.69) is 4.98 Å². The zero-order chi connectivity index (χ0) is 15.0. The summed E-state index contributed by atoms with van der Waals surface area (Å²) in [6.45, 7) is 1.20. The van der Waals surface area contributed by atoms with Gasteiger partial charge in [0.05, 0.1) is 6.61 Å². The van der Waals surface area contributed by atoms with Crippen LogP contribution in [0.4, 0.5) is 0 Å². The first kappa shape index (κ1) is 13.2. The van der Waals surface area contributed by atoms with Crippen LogP contribution in [-0.4, -0.2) is 49.8 Å². The molecule has 2 unspecified atom stereocenters. The van der Waals surface area contributed by atoms with Gasteiger partial charge in [0.15, 0.2) is 11.8 Å². The number of rotatable bonds is 2. The highest BCUT2D eigenvalue weighted by molar-refractivity contribution is 5.25. The van der Waals surface area contributed by atoms with Crippen LogP contribution in [0.2, 0.25) is 0 Å². The first-order chi connectivity index (χ1) is 9.94. The lowest BCUT2D eigenvalue weighted by molar-refractivity contribution is -0.235. The van der Waals surface area contributed by atoms with Gasteiger partial charge in [0.25, 0.3) is 5.56 Å². The van der Waals surface area contributed by atoms with Gasteiger partial charge in [-0.25, -0.2) is 4.79 Å². The van der Waals surface area contributed by atoms with Gasteiger partial charge in [-0.1, -0.05) is 0 Å². The zero-order valence-electron chi connectivity index (χ0n) is 11.4. The Morgan fingerprint density at radius 1 is 1.43 bits per heavy atom. The molecule has 8 nitrogen and oxygen atoms in total. The Bertz CT molecular complexity index is 720. The van der Waals surface area contributed by atoms with Crippen LogP contribution in [0, 0.1) is 6.92 Å². The maximum absolute atomic E-state index is 12.0. The fourth-order valence-electron chi connectivity index (χ4n) is 3.55. The second kappa shape index (κ2) is 3.83. The minimum absolute atomic E-state index is 0.356. The number of nitrogens with one attached hydrogen (secondary N) is 1. The molecule has 3 heterocycles. The first-order valence-electron chi connectivity index (χ1n) is 6.91. The van der Waals surface area contributed by atoms with Gasteiger partial charge in [-0.05, 0) is 19.8 Å². The Balaban J connectivity index is 1.79. The number of hydrogen-bond donors (Lipinski definition) is 3. The molecular formula is C13H16N2O6. The number of aromatic nitrogens is 2. The van der Waals surface area contributed by atoms with Crippen molar-refractivity contribution in [3.8, 4) is 0 Å². The Morgan fingerprint density at radius 3 is 2.76 bits per heavy atom. The van der Waals surface area contributed by atoms with E-state index in [9.17, 15) is 19.8 Å². The van der Waals surface area contributed by atoms with Crippen LogP contribution in [0.3, 0.4) is 0 Å². The molecule has 2 saturated heterocycles. The number of nitrogens with zero attached hydrogens (tertiary/aromatic N) is 1. The third-order valence-corrected chi connectivity index (χ3v) is 4.89. The SMILES string of the molecule is Cc1cn([C@@H]2O[C@]3(CO)C(O)C2OC32CC2)c(=O)[nH]c1=O. The maximum atomic E-state index is 12.0. The maximum Gasteiger partial charge on any atom is 0.330 e. The highest BCUT2D eigenvalue weighted by Crippen LogP contribution is 2.63. The van der Waals surface area contributed by atoms with E-state index >= 15 is 0 Å². The largest absolute Gasteiger partial charge is 0.393 e. The van der Waals surface area contributed by atoms with Gasteiger partial charge in [0, 0.05) is 11.8 Å². The van der Waals surface area contributed by atoms with Crippen LogP contribution in [0.1, 0.15) is 24.6 Å². The molecule has 1 aromatic heterocycles. The van der Waals surface area contributed by atoms with Gasteiger partial charge in [-0.2, -0.15) is 0 Å². The molecule has 1 saturated carbocycles. The van der Waals surface area contributed by atoms with E-state index in [1.165, 1.54) is 10.8 Å². The van der Waals surface area contributed by atoms with Crippen LogP contribution < -0.4 is 11.2 Å². The summed E-state index contributed by atoms with van der Waals surface area (Å²) in [6.07, 6.45) is 0.215. The number of aliphatic hydroxyl groups is 2. The van der Waals surface area contributed by atoms with Gasteiger partial charge in [-0.3, -0.25) is 14.3 Å². The van der Waals surface area contributed by atoms with Crippen molar-refractivity contribution < 1.29 is 19.7 Å². The smallest absolute Gasteiger partial charge is 0.330 e. The summed E-state index contributed by atoms with van der Waals surface area (Å²) in [6, 6.07) is 0. The monoisotopic (exact) mass is 296 g/mol. The molecular weight excluding hydrogens is 280 g/mol. The van der Waals surface area contributed by atoms with E-state index < -0.39 is 40.9 Å². The van der Waals surface area contributed by atoms with Crippen molar-refractivity contribution in [1.82, 2.24) is 9.55 Å². The van der Waals surface area contributed by atoms with Crippen LogP contribution in [0.5, 0.6) is 0 Å². The summed E-state index contributed by atoms with van der Waals surface area (Å²) in [5.74, 6) is 0. The minimum atomic E-state index is -1.19. The number of aliphatic hydroxyl groups excluding tert-OH is 2. The highest BCUT2D eigenvalue weighted by Gasteiger charge is 2.78. The molecule has 2 bridgehead atoms. The fourth-order valence-corrected chi connectivity index (χ4v) is 3.55. The van der Waals surface area contributed by atoms with Crippen LogP contribution in [0.15, 0.2) is 15.8 Å². The van der Waals surface area contributed by atoms with Crippen molar-refractivity contribution >= 4 is 0 Å². The molecule has 1 aromatic rings. The van der Waals surface area contributed by atoms with Crippen LogP contribution in [0.25, 0.3) is 0 Å². The second-order valence-electron chi connectivity index (χ2n) is 6.06. The van der Waals surface area contributed by atoms with Crippen molar-refractivity contribution in [2.24, 2.45) is 0 Å².